The molecule has 0 spiro atoms. The highest BCUT2D eigenvalue weighted by Gasteiger charge is 2.20. The first-order valence-electron chi connectivity index (χ1n) is 7.63. The van der Waals surface area contributed by atoms with Gasteiger partial charge in [-0.1, -0.05) is 5.16 Å². The molecule has 1 saturated heterocycles. The third kappa shape index (κ3) is 3.41. The Kier molecular flexibility index (Phi) is 4.40. The number of nitrogens with zero attached hydrogens (tertiary/aromatic N) is 6. The minimum Gasteiger partial charge on any atom is -0.370 e. The van der Waals surface area contributed by atoms with Gasteiger partial charge in [0.15, 0.2) is 5.96 Å². The molecule has 2 N–H and O–H groups in total. The molecule has 1 fully saturated rings. The monoisotopic (exact) mass is 315 g/mol. The molecule has 0 unspecified atom stereocenters. The summed E-state index contributed by atoms with van der Waals surface area (Å²) in [5.74, 6) is 2.11. The van der Waals surface area contributed by atoms with Crippen molar-refractivity contribution >= 4 is 11.9 Å². The third-order valence-corrected chi connectivity index (χ3v) is 4.02. The number of aromatic nitrogens is 3. The molecular weight excluding hydrogens is 294 g/mol. The Hall–Kier alpha value is -2.64. The van der Waals surface area contributed by atoms with Crippen LogP contribution >= 0.6 is 0 Å². The van der Waals surface area contributed by atoms with E-state index in [4.69, 9.17) is 10.3 Å². The first-order valence-corrected chi connectivity index (χ1v) is 7.63. The lowest BCUT2D eigenvalue weighted by Crippen LogP contribution is -2.51. The van der Waals surface area contributed by atoms with Crippen LogP contribution in [0.4, 0.5) is 5.95 Å². The fourth-order valence-corrected chi connectivity index (χ4v) is 2.58. The van der Waals surface area contributed by atoms with Crippen LogP contribution in [0.15, 0.2) is 28.0 Å². The molecule has 0 bridgehead atoms. The Morgan fingerprint density at radius 2 is 1.91 bits per heavy atom. The van der Waals surface area contributed by atoms with Crippen molar-refractivity contribution in [2.45, 2.75) is 20.4 Å². The van der Waals surface area contributed by atoms with Crippen LogP contribution in [0.5, 0.6) is 0 Å². The number of rotatable bonds is 3. The van der Waals surface area contributed by atoms with E-state index in [-0.39, 0.29) is 0 Å². The van der Waals surface area contributed by atoms with Crippen molar-refractivity contribution in [3.05, 3.63) is 35.5 Å². The van der Waals surface area contributed by atoms with Gasteiger partial charge in [0.05, 0.1) is 12.2 Å². The summed E-state index contributed by atoms with van der Waals surface area (Å²) in [7, 11) is 0. The molecule has 3 heterocycles. The average Bonchev–Trinajstić information content (AvgIpc) is 2.92. The number of hydrogen-bond donors (Lipinski definition) is 1. The molecule has 1 aliphatic rings. The Morgan fingerprint density at radius 3 is 2.52 bits per heavy atom. The van der Waals surface area contributed by atoms with E-state index in [2.05, 4.69) is 29.9 Å². The molecule has 8 nitrogen and oxygen atoms in total. The summed E-state index contributed by atoms with van der Waals surface area (Å²) in [5, 5.41) is 3.93. The normalized spacial score (nSPS) is 16.0. The van der Waals surface area contributed by atoms with Gasteiger partial charge >= 0.3 is 0 Å². The minimum absolute atomic E-state index is 0.495. The molecular formula is C15H21N7O. The number of guanidine groups is 1. The second kappa shape index (κ2) is 6.64. The van der Waals surface area contributed by atoms with Gasteiger partial charge < -0.3 is 20.1 Å². The minimum atomic E-state index is 0.495. The summed E-state index contributed by atoms with van der Waals surface area (Å²) in [6.45, 7) is 7.55. The van der Waals surface area contributed by atoms with Crippen LogP contribution in [0.3, 0.4) is 0 Å². The van der Waals surface area contributed by atoms with E-state index >= 15 is 0 Å². The zero-order valence-corrected chi connectivity index (χ0v) is 13.4. The Morgan fingerprint density at radius 1 is 1.22 bits per heavy atom. The SMILES string of the molecule is Cc1noc(C)c1CN=C(N)N1CCN(c2ncccn2)CC1. The molecule has 0 aromatic carbocycles. The molecule has 0 atom stereocenters. The number of piperazine rings is 1. The maximum Gasteiger partial charge on any atom is 0.225 e. The van der Waals surface area contributed by atoms with Crippen molar-refractivity contribution in [2.24, 2.45) is 10.7 Å². The summed E-state index contributed by atoms with van der Waals surface area (Å²) >= 11 is 0. The molecule has 2 aromatic heterocycles. The van der Waals surface area contributed by atoms with E-state index in [0.29, 0.717) is 12.5 Å². The maximum absolute atomic E-state index is 6.12. The van der Waals surface area contributed by atoms with Gasteiger partial charge in [-0.3, -0.25) is 0 Å². The molecule has 2 aromatic rings. The Bertz CT molecular complexity index is 655. The van der Waals surface area contributed by atoms with Gasteiger partial charge in [0, 0.05) is 44.1 Å². The fraction of sp³-hybridized carbons (Fsp3) is 0.467. The van der Waals surface area contributed by atoms with Gasteiger partial charge in [-0.2, -0.15) is 0 Å². The van der Waals surface area contributed by atoms with Gasteiger partial charge in [0.2, 0.25) is 5.95 Å². The van der Waals surface area contributed by atoms with Crippen LogP contribution in [0.2, 0.25) is 0 Å². The zero-order valence-electron chi connectivity index (χ0n) is 13.4. The second-order valence-electron chi connectivity index (χ2n) is 5.50. The number of hydrogen-bond acceptors (Lipinski definition) is 6. The van der Waals surface area contributed by atoms with E-state index in [1.807, 2.05) is 19.9 Å². The molecule has 3 rings (SSSR count). The van der Waals surface area contributed by atoms with E-state index in [1.165, 1.54) is 0 Å². The topological polar surface area (TPSA) is 96.7 Å². The lowest BCUT2D eigenvalue weighted by atomic mass is 10.2. The van der Waals surface area contributed by atoms with E-state index in [1.54, 1.807) is 12.4 Å². The van der Waals surface area contributed by atoms with Gasteiger partial charge in [0.1, 0.15) is 5.76 Å². The van der Waals surface area contributed by atoms with E-state index in [9.17, 15) is 0 Å². The van der Waals surface area contributed by atoms with Crippen molar-refractivity contribution in [1.82, 2.24) is 20.0 Å². The highest BCUT2D eigenvalue weighted by Crippen LogP contribution is 2.14. The summed E-state index contributed by atoms with van der Waals surface area (Å²) in [6.07, 6.45) is 3.52. The number of nitrogens with two attached hydrogens (primary N) is 1. The molecule has 0 radical (unpaired) electrons. The molecule has 8 heteroatoms. The van der Waals surface area contributed by atoms with Crippen molar-refractivity contribution in [1.29, 1.82) is 0 Å². The smallest absolute Gasteiger partial charge is 0.225 e. The summed E-state index contributed by atoms with van der Waals surface area (Å²) in [6, 6.07) is 1.82. The average molecular weight is 315 g/mol. The largest absolute Gasteiger partial charge is 0.370 e. The van der Waals surface area contributed by atoms with Gasteiger partial charge in [0.25, 0.3) is 0 Å². The molecule has 122 valence electrons. The second-order valence-corrected chi connectivity index (χ2v) is 5.50. The Labute approximate surface area is 135 Å². The summed E-state index contributed by atoms with van der Waals surface area (Å²) < 4.78 is 5.14. The zero-order chi connectivity index (χ0) is 16.2. The number of aliphatic imine (C=N–C) groups is 1. The predicted molar refractivity (Wildman–Crippen MR) is 87.1 cm³/mol. The Balaban J connectivity index is 1.58. The van der Waals surface area contributed by atoms with Crippen LogP contribution in [-0.4, -0.2) is 52.2 Å². The first-order chi connectivity index (χ1) is 11.1. The van der Waals surface area contributed by atoms with Crippen molar-refractivity contribution in [2.75, 3.05) is 31.1 Å². The molecule has 0 saturated carbocycles. The van der Waals surface area contributed by atoms with E-state index in [0.717, 1.165) is 49.1 Å². The van der Waals surface area contributed by atoms with Crippen molar-refractivity contribution in [3.63, 3.8) is 0 Å². The van der Waals surface area contributed by atoms with Gasteiger partial charge in [-0.25, -0.2) is 15.0 Å². The van der Waals surface area contributed by atoms with Crippen LogP contribution in [0, 0.1) is 13.8 Å². The fourth-order valence-electron chi connectivity index (χ4n) is 2.58. The lowest BCUT2D eigenvalue weighted by molar-refractivity contribution is 0.378. The van der Waals surface area contributed by atoms with Crippen molar-refractivity contribution in [3.8, 4) is 0 Å². The standard InChI is InChI=1S/C15H21N7O/c1-11-13(12(2)23-20-11)10-19-14(16)21-6-8-22(9-7-21)15-17-4-3-5-18-15/h3-5H,6-10H2,1-2H3,(H2,16,19). The lowest BCUT2D eigenvalue weighted by Gasteiger charge is -2.35. The van der Waals surface area contributed by atoms with Crippen LogP contribution < -0.4 is 10.6 Å². The highest BCUT2D eigenvalue weighted by molar-refractivity contribution is 5.78. The van der Waals surface area contributed by atoms with Crippen LogP contribution in [0.25, 0.3) is 0 Å². The molecule has 23 heavy (non-hydrogen) atoms. The summed E-state index contributed by atoms with van der Waals surface area (Å²) in [4.78, 5) is 17.3. The maximum atomic E-state index is 6.12. The summed E-state index contributed by atoms with van der Waals surface area (Å²) in [5.41, 5.74) is 7.99. The molecule has 0 amide bonds. The number of aryl methyl sites for hydroxylation is 2. The van der Waals surface area contributed by atoms with Gasteiger partial charge in [-0.05, 0) is 19.9 Å². The van der Waals surface area contributed by atoms with E-state index < -0.39 is 0 Å². The van der Waals surface area contributed by atoms with Crippen LogP contribution in [-0.2, 0) is 6.54 Å². The first kappa shape index (κ1) is 15.3. The predicted octanol–water partition coefficient (Wildman–Crippen LogP) is 0.718. The highest BCUT2D eigenvalue weighted by atomic mass is 16.5. The number of anilines is 1. The molecule has 1 aliphatic heterocycles. The quantitative estimate of drug-likeness (QED) is 0.658. The molecule has 0 aliphatic carbocycles. The van der Waals surface area contributed by atoms with Crippen molar-refractivity contribution < 1.29 is 4.52 Å². The van der Waals surface area contributed by atoms with Crippen LogP contribution in [0.1, 0.15) is 17.0 Å². The van der Waals surface area contributed by atoms with Gasteiger partial charge in [-0.15, -0.1) is 0 Å². The third-order valence-electron chi connectivity index (χ3n) is 4.02.